The highest BCUT2D eigenvalue weighted by atomic mass is 16.5. The number of nitrogens with one attached hydrogen (secondary N) is 1. The van der Waals surface area contributed by atoms with Gasteiger partial charge in [0.2, 0.25) is 5.76 Å². The number of rotatable bonds is 1. The van der Waals surface area contributed by atoms with Crippen LogP contribution in [-0.2, 0) is 0 Å². The van der Waals surface area contributed by atoms with E-state index in [2.05, 4.69) is 10.5 Å². The van der Waals surface area contributed by atoms with E-state index in [1.807, 2.05) is 4.90 Å². The van der Waals surface area contributed by atoms with Crippen LogP contribution < -0.4 is 5.32 Å². The predicted molar refractivity (Wildman–Crippen MR) is 47.7 cm³/mol. The highest BCUT2D eigenvalue weighted by Gasteiger charge is 2.39. The summed E-state index contributed by atoms with van der Waals surface area (Å²) in [6.07, 6.45) is 2.69. The number of piperidine rings is 1. The summed E-state index contributed by atoms with van der Waals surface area (Å²) < 4.78 is 4.84. The topological polar surface area (TPSA) is 58.4 Å². The lowest BCUT2D eigenvalue weighted by atomic mass is 9.91. The molecule has 5 nitrogen and oxygen atoms in total. The van der Waals surface area contributed by atoms with Crippen LogP contribution >= 0.6 is 0 Å². The minimum Gasteiger partial charge on any atom is -0.351 e. The Kier molecular flexibility index (Phi) is 1.61. The van der Waals surface area contributed by atoms with Crippen molar-refractivity contribution >= 4 is 5.91 Å². The lowest BCUT2D eigenvalue weighted by Crippen LogP contribution is -2.67. The van der Waals surface area contributed by atoms with Crippen molar-refractivity contribution in [3.05, 3.63) is 18.0 Å². The molecule has 0 radical (unpaired) electrons. The Labute approximate surface area is 81.0 Å². The van der Waals surface area contributed by atoms with E-state index < -0.39 is 0 Å². The molecular weight excluding hydrogens is 182 g/mol. The van der Waals surface area contributed by atoms with E-state index in [1.54, 1.807) is 6.07 Å². The minimum absolute atomic E-state index is 0.0429. The molecule has 0 spiro atoms. The van der Waals surface area contributed by atoms with Gasteiger partial charge in [-0.1, -0.05) is 5.16 Å². The summed E-state index contributed by atoms with van der Waals surface area (Å²) in [6, 6.07) is 2.58. The van der Waals surface area contributed by atoms with Gasteiger partial charge < -0.3 is 14.7 Å². The maximum absolute atomic E-state index is 11.8. The van der Waals surface area contributed by atoms with E-state index in [4.69, 9.17) is 4.52 Å². The summed E-state index contributed by atoms with van der Waals surface area (Å²) in [5.74, 6) is 0.296. The normalized spacial score (nSPS) is 29.9. The molecule has 1 aromatic heterocycles. The molecule has 3 fully saturated rings. The molecule has 1 aromatic rings. The zero-order valence-corrected chi connectivity index (χ0v) is 7.64. The van der Waals surface area contributed by atoms with E-state index in [0.29, 0.717) is 17.8 Å². The van der Waals surface area contributed by atoms with Crippen LogP contribution in [0.2, 0.25) is 0 Å². The Bertz CT molecular complexity index is 333. The lowest BCUT2D eigenvalue weighted by Gasteiger charge is -2.47. The second kappa shape index (κ2) is 2.81. The molecule has 5 heteroatoms. The van der Waals surface area contributed by atoms with Crippen LogP contribution in [0.15, 0.2) is 16.8 Å². The molecule has 0 aliphatic carbocycles. The number of carbonyl (C=O) groups excluding carboxylic acids is 1. The molecule has 4 rings (SSSR count). The Balaban J connectivity index is 1.74. The third-order valence-corrected chi connectivity index (χ3v) is 2.86. The summed E-state index contributed by atoms with van der Waals surface area (Å²) in [7, 11) is 0. The zero-order valence-electron chi connectivity index (χ0n) is 7.64. The van der Waals surface area contributed by atoms with E-state index in [0.717, 1.165) is 13.1 Å². The summed E-state index contributed by atoms with van der Waals surface area (Å²) in [5, 5.41) is 6.90. The van der Waals surface area contributed by atoms with Gasteiger partial charge in [-0.3, -0.25) is 4.79 Å². The molecule has 3 saturated heterocycles. The average molecular weight is 193 g/mol. The Morgan fingerprint density at radius 2 is 2.29 bits per heavy atom. The monoisotopic (exact) mass is 193 g/mol. The van der Waals surface area contributed by atoms with Crippen molar-refractivity contribution in [1.82, 2.24) is 15.4 Å². The van der Waals surface area contributed by atoms with Crippen molar-refractivity contribution in [2.24, 2.45) is 0 Å². The number of amides is 1. The van der Waals surface area contributed by atoms with E-state index in [9.17, 15) is 4.79 Å². The van der Waals surface area contributed by atoms with Crippen molar-refractivity contribution in [2.45, 2.75) is 18.5 Å². The van der Waals surface area contributed by atoms with E-state index in [1.165, 1.54) is 12.6 Å². The lowest BCUT2D eigenvalue weighted by molar-refractivity contribution is 0.0437. The van der Waals surface area contributed by atoms with Crippen molar-refractivity contribution < 1.29 is 9.32 Å². The van der Waals surface area contributed by atoms with E-state index >= 15 is 0 Å². The summed E-state index contributed by atoms with van der Waals surface area (Å²) in [4.78, 5) is 13.6. The van der Waals surface area contributed by atoms with E-state index in [-0.39, 0.29) is 5.91 Å². The molecule has 0 aromatic carbocycles. The fraction of sp³-hybridized carbons (Fsp3) is 0.556. The van der Waals surface area contributed by atoms with Gasteiger partial charge >= 0.3 is 0 Å². The second-order valence-electron chi connectivity index (χ2n) is 3.88. The molecule has 3 aliphatic rings. The van der Waals surface area contributed by atoms with Crippen LogP contribution in [0.4, 0.5) is 0 Å². The van der Waals surface area contributed by atoms with Crippen LogP contribution in [-0.4, -0.2) is 41.1 Å². The van der Waals surface area contributed by atoms with Gasteiger partial charge in [0, 0.05) is 31.2 Å². The SMILES string of the molecule is O=C(c1ccno1)N1C[C@H]2C[C@@H](C1)N2. The molecule has 1 amide bonds. The molecule has 2 atom stereocenters. The van der Waals surface area contributed by atoms with Crippen LogP contribution in [0.25, 0.3) is 0 Å². The van der Waals surface area contributed by atoms with Gasteiger partial charge in [-0.25, -0.2) is 0 Å². The van der Waals surface area contributed by atoms with Crippen LogP contribution in [0.1, 0.15) is 17.0 Å². The standard InChI is InChI=1S/C9H11N3O2/c13-9(8-1-2-10-14-8)12-4-6-3-7(5-12)11-6/h1-2,6-7,11H,3-5H2/t6-,7+. The van der Waals surface area contributed by atoms with Crippen LogP contribution in [0, 0.1) is 0 Å². The third-order valence-electron chi connectivity index (χ3n) is 2.86. The van der Waals surface area contributed by atoms with Crippen LogP contribution in [0.3, 0.4) is 0 Å². The Morgan fingerprint density at radius 1 is 1.57 bits per heavy atom. The van der Waals surface area contributed by atoms with Gasteiger partial charge in [0.25, 0.3) is 5.91 Å². The molecular formula is C9H11N3O2. The van der Waals surface area contributed by atoms with Gasteiger partial charge in [-0.2, -0.15) is 0 Å². The highest BCUT2D eigenvalue weighted by Crippen LogP contribution is 2.22. The minimum atomic E-state index is -0.0429. The number of hydrogen-bond acceptors (Lipinski definition) is 4. The first kappa shape index (κ1) is 7.99. The van der Waals surface area contributed by atoms with Gasteiger partial charge in [-0.05, 0) is 6.42 Å². The van der Waals surface area contributed by atoms with Crippen LogP contribution in [0.5, 0.6) is 0 Å². The molecule has 0 unspecified atom stereocenters. The number of carbonyl (C=O) groups is 1. The highest BCUT2D eigenvalue weighted by molar-refractivity contribution is 5.91. The van der Waals surface area contributed by atoms with Crippen molar-refractivity contribution in [3.63, 3.8) is 0 Å². The molecule has 14 heavy (non-hydrogen) atoms. The second-order valence-corrected chi connectivity index (χ2v) is 3.88. The van der Waals surface area contributed by atoms with Gasteiger partial charge in [0.05, 0.1) is 6.20 Å². The maximum Gasteiger partial charge on any atom is 0.292 e. The number of aromatic nitrogens is 1. The fourth-order valence-electron chi connectivity index (χ4n) is 2.16. The van der Waals surface area contributed by atoms with Gasteiger partial charge in [0.15, 0.2) is 0 Å². The molecule has 3 aliphatic heterocycles. The average Bonchev–Trinajstić information content (AvgIpc) is 2.68. The largest absolute Gasteiger partial charge is 0.351 e. The van der Waals surface area contributed by atoms with Gasteiger partial charge in [0.1, 0.15) is 0 Å². The number of fused-ring (bicyclic) bond motifs is 2. The van der Waals surface area contributed by atoms with Gasteiger partial charge in [-0.15, -0.1) is 0 Å². The first-order valence-corrected chi connectivity index (χ1v) is 4.79. The molecule has 4 heterocycles. The summed E-state index contributed by atoms with van der Waals surface area (Å²) in [5.41, 5.74) is 0. The number of hydrogen-bond donors (Lipinski definition) is 1. The zero-order chi connectivity index (χ0) is 9.54. The molecule has 0 saturated carbocycles. The summed E-state index contributed by atoms with van der Waals surface area (Å²) in [6.45, 7) is 1.58. The van der Waals surface area contributed by atoms with Crippen molar-refractivity contribution in [3.8, 4) is 0 Å². The maximum atomic E-state index is 11.8. The quantitative estimate of drug-likeness (QED) is 0.674. The fourth-order valence-corrected chi connectivity index (χ4v) is 2.16. The predicted octanol–water partition coefficient (Wildman–Crippen LogP) is -0.139. The molecule has 2 bridgehead atoms. The number of piperazine rings is 1. The molecule has 74 valence electrons. The molecule has 1 N–H and O–H groups in total. The summed E-state index contributed by atoms with van der Waals surface area (Å²) >= 11 is 0. The smallest absolute Gasteiger partial charge is 0.292 e. The first-order chi connectivity index (χ1) is 6.83. The Morgan fingerprint density at radius 3 is 2.86 bits per heavy atom. The third kappa shape index (κ3) is 1.13. The first-order valence-electron chi connectivity index (χ1n) is 4.79. The van der Waals surface area contributed by atoms with Crippen molar-refractivity contribution in [2.75, 3.05) is 13.1 Å². The Hall–Kier alpha value is -1.36. The van der Waals surface area contributed by atoms with Crippen molar-refractivity contribution in [1.29, 1.82) is 0 Å². The number of nitrogens with zero attached hydrogens (tertiary/aromatic N) is 2.